The summed E-state index contributed by atoms with van der Waals surface area (Å²) >= 11 is 0. The molecule has 0 amide bonds. The van der Waals surface area contributed by atoms with E-state index in [0.29, 0.717) is 5.75 Å². The first-order chi connectivity index (χ1) is 6.63. The fourth-order valence-corrected chi connectivity index (χ4v) is 0.988. The maximum Gasteiger partial charge on any atom is 0.123 e. The molecule has 14 heavy (non-hydrogen) atoms. The largest absolute Gasteiger partial charge is 0.497 e. The van der Waals surface area contributed by atoms with Gasteiger partial charge in [0.15, 0.2) is 0 Å². The predicted octanol–water partition coefficient (Wildman–Crippen LogP) is 1.84. The lowest BCUT2D eigenvalue weighted by atomic mass is 10.2. The van der Waals surface area contributed by atoms with Crippen LogP contribution in [0.5, 0.6) is 11.5 Å². The minimum atomic E-state index is -0.485. The summed E-state index contributed by atoms with van der Waals surface area (Å²) in [5.41, 5.74) is 0. The monoisotopic (exact) mass is 196 g/mol. The second kappa shape index (κ2) is 4.86. The zero-order valence-corrected chi connectivity index (χ0v) is 8.73. The van der Waals surface area contributed by atoms with Gasteiger partial charge in [-0.05, 0) is 26.0 Å². The van der Waals surface area contributed by atoms with Crippen LogP contribution in [-0.2, 0) is 0 Å². The highest BCUT2D eigenvalue weighted by Crippen LogP contribution is 2.20. The summed E-state index contributed by atoms with van der Waals surface area (Å²) in [5, 5.41) is 9.25. The minimum absolute atomic E-state index is 0.220. The highest BCUT2D eigenvalue weighted by atomic mass is 16.5. The van der Waals surface area contributed by atoms with Crippen molar-refractivity contribution in [3.63, 3.8) is 0 Å². The van der Waals surface area contributed by atoms with Crippen molar-refractivity contribution in [2.24, 2.45) is 0 Å². The van der Waals surface area contributed by atoms with E-state index in [1.165, 1.54) is 0 Å². The minimum Gasteiger partial charge on any atom is -0.497 e. The first kappa shape index (κ1) is 10.9. The Bertz CT molecular complexity index is 284. The molecular formula is C11H16O3. The highest BCUT2D eigenvalue weighted by molar-refractivity contribution is 5.32. The second-order valence-electron chi connectivity index (χ2n) is 3.24. The van der Waals surface area contributed by atoms with Gasteiger partial charge in [0.1, 0.15) is 17.6 Å². The van der Waals surface area contributed by atoms with Crippen molar-refractivity contribution in [3.05, 3.63) is 24.3 Å². The van der Waals surface area contributed by atoms with Crippen molar-refractivity contribution >= 4 is 0 Å². The third-order valence-electron chi connectivity index (χ3n) is 2.04. The third kappa shape index (κ3) is 2.92. The highest BCUT2D eigenvalue weighted by Gasteiger charge is 2.10. The fraction of sp³-hybridized carbons (Fsp3) is 0.455. The van der Waals surface area contributed by atoms with E-state index in [1.54, 1.807) is 20.1 Å². The van der Waals surface area contributed by atoms with Gasteiger partial charge >= 0.3 is 0 Å². The Kier molecular flexibility index (Phi) is 3.77. The first-order valence-corrected chi connectivity index (χ1v) is 4.62. The number of ether oxygens (including phenoxy) is 2. The molecule has 0 aliphatic heterocycles. The Morgan fingerprint density at radius 2 is 1.86 bits per heavy atom. The van der Waals surface area contributed by atoms with Crippen LogP contribution < -0.4 is 9.47 Å². The summed E-state index contributed by atoms with van der Waals surface area (Å²) in [6.07, 6.45) is -0.705. The van der Waals surface area contributed by atoms with E-state index < -0.39 is 6.10 Å². The Hall–Kier alpha value is -1.22. The summed E-state index contributed by atoms with van der Waals surface area (Å²) in [5.74, 6) is 1.46. The molecule has 0 aliphatic carbocycles. The second-order valence-corrected chi connectivity index (χ2v) is 3.24. The van der Waals surface area contributed by atoms with Crippen molar-refractivity contribution in [1.29, 1.82) is 0 Å². The summed E-state index contributed by atoms with van der Waals surface area (Å²) in [6.45, 7) is 3.52. The molecule has 0 radical (unpaired) electrons. The molecule has 0 saturated carbocycles. The van der Waals surface area contributed by atoms with E-state index in [1.807, 2.05) is 25.1 Å². The zero-order chi connectivity index (χ0) is 10.6. The van der Waals surface area contributed by atoms with Gasteiger partial charge in [-0.2, -0.15) is 0 Å². The number of benzene rings is 1. The molecule has 1 rings (SSSR count). The van der Waals surface area contributed by atoms with Gasteiger partial charge < -0.3 is 14.6 Å². The lowest BCUT2D eigenvalue weighted by Crippen LogP contribution is -2.25. The van der Waals surface area contributed by atoms with E-state index in [4.69, 9.17) is 9.47 Å². The topological polar surface area (TPSA) is 38.7 Å². The van der Waals surface area contributed by atoms with Gasteiger partial charge in [-0.1, -0.05) is 6.07 Å². The lowest BCUT2D eigenvalue weighted by molar-refractivity contribution is 0.0603. The average molecular weight is 196 g/mol. The van der Waals surface area contributed by atoms with E-state index in [-0.39, 0.29) is 6.10 Å². The molecule has 3 nitrogen and oxygen atoms in total. The molecule has 0 bridgehead atoms. The number of hydrogen-bond acceptors (Lipinski definition) is 3. The maximum atomic E-state index is 9.25. The smallest absolute Gasteiger partial charge is 0.123 e. The van der Waals surface area contributed by atoms with Crippen molar-refractivity contribution < 1.29 is 14.6 Å². The standard InChI is InChI=1S/C11H16O3/c1-8(12)9(2)14-11-6-4-5-10(7-11)13-3/h4-9,12H,1-3H3/t8-,9+/m0/s1. The van der Waals surface area contributed by atoms with Crippen LogP contribution in [0.4, 0.5) is 0 Å². The summed E-state index contributed by atoms with van der Waals surface area (Å²) in [6, 6.07) is 7.32. The van der Waals surface area contributed by atoms with Gasteiger partial charge in [0.2, 0.25) is 0 Å². The fourth-order valence-electron chi connectivity index (χ4n) is 0.988. The van der Waals surface area contributed by atoms with Crippen LogP contribution in [0.2, 0.25) is 0 Å². The van der Waals surface area contributed by atoms with Crippen molar-refractivity contribution in [1.82, 2.24) is 0 Å². The molecule has 0 fully saturated rings. The van der Waals surface area contributed by atoms with E-state index >= 15 is 0 Å². The van der Waals surface area contributed by atoms with E-state index in [9.17, 15) is 5.11 Å². The SMILES string of the molecule is COc1cccc(O[C@H](C)[C@H](C)O)c1. The van der Waals surface area contributed by atoms with Gasteiger partial charge in [0, 0.05) is 6.07 Å². The Morgan fingerprint density at radius 3 is 2.43 bits per heavy atom. The average Bonchev–Trinajstić information content (AvgIpc) is 2.18. The van der Waals surface area contributed by atoms with Gasteiger partial charge in [-0.3, -0.25) is 0 Å². The Balaban J connectivity index is 2.66. The van der Waals surface area contributed by atoms with Crippen LogP contribution in [0, 0.1) is 0 Å². The molecule has 1 aromatic rings. The molecule has 0 aliphatic rings. The zero-order valence-electron chi connectivity index (χ0n) is 8.73. The number of aliphatic hydroxyl groups is 1. The number of hydrogen-bond donors (Lipinski definition) is 1. The quantitative estimate of drug-likeness (QED) is 0.798. The van der Waals surface area contributed by atoms with Crippen LogP contribution >= 0.6 is 0 Å². The van der Waals surface area contributed by atoms with Crippen LogP contribution in [-0.4, -0.2) is 24.4 Å². The predicted molar refractivity (Wildman–Crippen MR) is 54.8 cm³/mol. The number of rotatable bonds is 4. The normalized spacial score (nSPS) is 14.6. The van der Waals surface area contributed by atoms with Crippen molar-refractivity contribution in [3.8, 4) is 11.5 Å². The molecule has 0 aromatic heterocycles. The summed E-state index contributed by atoms with van der Waals surface area (Å²) in [7, 11) is 1.61. The molecule has 1 aromatic carbocycles. The molecule has 0 heterocycles. The molecular weight excluding hydrogens is 180 g/mol. The van der Waals surface area contributed by atoms with Crippen LogP contribution in [0.15, 0.2) is 24.3 Å². The van der Waals surface area contributed by atoms with Crippen molar-refractivity contribution in [2.45, 2.75) is 26.1 Å². The van der Waals surface area contributed by atoms with Gasteiger partial charge in [0.05, 0.1) is 13.2 Å². The number of methoxy groups -OCH3 is 1. The molecule has 2 atom stereocenters. The van der Waals surface area contributed by atoms with Gasteiger partial charge in [-0.15, -0.1) is 0 Å². The Labute approximate surface area is 84.3 Å². The van der Waals surface area contributed by atoms with Crippen LogP contribution in [0.25, 0.3) is 0 Å². The van der Waals surface area contributed by atoms with Crippen molar-refractivity contribution in [2.75, 3.05) is 7.11 Å². The first-order valence-electron chi connectivity index (χ1n) is 4.62. The number of aliphatic hydroxyl groups excluding tert-OH is 1. The molecule has 3 heteroatoms. The van der Waals surface area contributed by atoms with E-state index in [0.717, 1.165) is 5.75 Å². The molecule has 78 valence electrons. The van der Waals surface area contributed by atoms with E-state index in [2.05, 4.69) is 0 Å². The molecule has 0 unspecified atom stereocenters. The lowest BCUT2D eigenvalue weighted by Gasteiger charge is -2.17. The molecule has 0 saturated heterocycles. The molecule has 1 N–H and O–H groups in total. The molecule has 0 spiro atoms. The third-order valence-corrected chi connectivity index (χ3v) is 2.04. The van der Waals surface area contributed by atoms with Gasteiger partial charge in [-0.25, -0.2) is 0 Å². The van der Waals surface area contributed by atoms with Gasteiger partial charge in [0.25, 0.3) is 0 Å². The van der Waals surface area contributed by atoms with Crippen LogP contribution in [0.1, 0.15) is 13.8 Å². The Morgan fingerprint density at radius 1 is 1.21 bits per heavy atom. The maximum absolute atomic E-state index is 9.25. The van der Waals surface area contributed by atoms with Crippen LogP contribution in [0.3, 0.4) is 0 Å². The summed E-state index contributed by atoms with van der Waals surface area (Å²) in [4.78, 5) is 0. The summed E-state index contributed by atoms with van der Waals surface area (Å²) < 4.78 is 10.5.